The summed E-state index contributed by atoms with van der Waals surface area (Å²) < 4.78 is 43.5. The maximum atomic E-state index is 12.8. The summed E-state index contributed by atoms with van der Waals surface area (Å²) in [6.45, 7) is 3.44. The Hall–Kier alpha value is -1.30. The van der Waals surface area contributed by atoms with Crippen molar-refractivity contribution in [1.82, 2.24) is 20.1 Å². The van der Waals surface area contributed by atoms with Crippen LogP contribution in [0.2, 0.25) is 0 Å². The van der Waals surface area contributed by atoms with Crippen molar-refractivity contribution in [3.63, 3.8) is 0 Å². The van der Waals surface area contributed by atoms with Crippen LogP contribution >= 0.6 is 24.0 Å². The van der Waals surface area contributed by atoms with Gasteiger partial charge in [0.05, 0.1) is 7.11 Å². The highest BCUT2D eigenvalue weighted by Crippen LogP contribution is 2.25. The molecule has 0 amide bonds. The standard InChI is InChI=1S/C16H24F3N5O.HI/c1-12(16(17,18)19)23-6-8-24(9-7-23)15(20-2)22-11-13-4-5-21-14(10-13)25-3;/h4-5,10,12H,6-9,11H2,1-3H3,(H,20,22);1H. The van der Waals surface area contributed by atoms with Crippen LogP contribution in [0, 0.1) is 0 Å². The predicted molar refractivity (Wildman–Crippen MR) is 105 cm³/mol. The lowest BCUT2D eigenvalue weighted by molar-refractivity contribution is -0.181. The number of pyridine rings is 1. The van der Waals surface area contributed by atoms with Gasteiger partial charge in [0.25, 0.3) is 0 Å². The molecule has 10 heteroatoms. The number of aromatic nitrogens is 1. The van der Waals surface area contributed by atoms with E-state index in [1.807, 2.05) is 17.0 Å². The molecule has 0 aliphatic carbocycles. The van der Waals surface area contributed by atoms with Crippen LogP contribution in [0.4, 0.5) is 13.2 Å². The van der Waals surface area contributed by atoms with Crippen molar-refractivity contribution in [2.24, 2.45) is 4.99 Å². The Kier molecular flexibility index (Phi) is 8.87. The van der Waals surface area contributed by atoms with Crippen molar-refractivity contribution in [3.05, 3.63) is 23.9 Å². The molecule has 1 saturated heterocycles. The molecule has 6 nitrogen and oxygen atoms in total. The highest BCUT2D eigenvalue weighted by Gasteiger charge is 2.41. The average molecular weight is 487 g/mol. The van der Waals surface area contributed by atoms with E-state index in [0.717, 1.165) is 5.56 Å². The summed E-state index contributed by atoms with van der Waals surface area (Å²) >= 11 is 0. The number of rotatable bonds is 4. The monoisotopic (exact) mass is 487 g/mol. The van der Waals surface area contributed by atoms with Gasteiger partial charge in [-0.3, -0.25) is 9.89 Å². The normalized spacial score (nSPS) is 17.5. The lowest BCUT2D eigenvalue weighted by Crippen LogP contribution is -2.56. The van der Waals surface area contributed by atoms with Crippen molar-refractivity contribution in [2.75, 3.05) is 40.3 Å². The molecule has 26 heavy (non-hydrogen) atoms. The zero-order valence-corrected chi connectivity index (χ0v) is 17.4. The second-order valence-corrected chi connectivity index (χ2v) is 5.85. The van der Waals surface area contributed by atoms with Crippen LogP contribution in [-0.4, -0.2) is 73.3 Å². The second-order valence-electron chi connectivity index (χ2n) is 5.85. The molecule has 148 valence electrons. The molecular formula is C16H25F3IN5O. The van der Waals surface area contributed by atoms with Gasteiger partial charge in [-0.15, -0.1) is 24.0 Å². The number of aliphatic imine (C=N–C) groups is 1. The van der Waals surface area contributed by atoms with Gasteiger partial charge in [0.15, 0.2) is 5.96 Å². The average Bonchev–Trinajstić information content (AvgIpc) is 2.61. The summed E-state index contributed by atoms with van der Waals surface area (Å²) in [5.74, 6) is 1.21. The lowest BCUT2D eigenvalue weighted by Gasteiger charge is -2.39. The second kappa shape index (κ2) is 10.1. The fourth-order valence-corrected chi connectivity index (χ4v) is 2.71. The summed E-state index contributed by atoms with van der Waals surface area (Å²) in [5, 5.41) is 3.23. The van der Waals surface area contributed by atoms with Crippen LogP contribution in [0.3, 0.4) is 0 Å². The minimum atomic E-state index is -4.19. The number of piperazine rings is 1. The number of nitrogens with zero attached hydrogens (tertiary/aromatic N) is 4. The van der Waals surface area contributed by atoms with Crippen molar-refractivity contribution in [1.29, 1.82) is 0 Å². The zero-order valence-electron chi connectivity index (χ0n) is 15.1. The third-order valence-corrected chi connectivity index (χ3v) is 4.31. The van der Waals surface area contributed by atoms with Crippen LogP contribution in [0.1, 0.15) is 12.5 Å². The molecule has 0 spiro atoms. The zero-order chi connectivity index (χ0) is 18.4. The largest absolute Gasteiger partial charge is 0.481 e. The highest BCUT2D eigenvalue weighted by molar-refractivity contribution is 14.0. The van der Waals surface area contributed by atoms with E-state index in [1.54, 1.807) is 20.4 Å². The number of alkyl halides is 3. The molecule has 1 atom stereocenters. The lowest BCUT2D eigenvalue weighted by atomic mass is 10.2. The van der Waals surface area contributed by atoms with Crippen LogP contribution in [0.25, 0.3) is 0 Å². The van der Waals surface area contributed by atoms with Crippen molar-refractivity contribution >= 4 is 29.9 Å². The topological polar surface area (TPSA) is 53.0 Å². The van der Waals surface area contributed by atoms with Gasteiger partial charge in [0.1, 0.15) is 6.04 Å². The fraction of sp³-hybridized carbons (Fsp3) is 0.625. The number of hydrogen-bond donors (Lipinski definition) is 1. The smallest absolute Gasteiger partial charge is 0.403 e. The van der Waals surface area contributed by atoms with E-state index in [1.165, 1.54) is 11.8 Å². The number of hydrogen-bond acceptors (Lipinski definition) is 4. The number of nitrogens with one attached hydrogen (secondary N) is 1. The maximum Gasteiger partial charge on any atom is 0.403 e. The van der Waals surface area contributed by atoms with Gasteiger partial charge in [-0.05, 0) is 18.6 Å². The Morgan fingerprint density at radius 3 is 2.54 bits per heavy atom. The van der Waals surface area contributed by atoms with Crippen LogP contribution in [-0.2, 0) is 6.54 Å². The molecule has 0 bridgehead atoms. The first kappa shape index (κ1) is 22.7. The first-order valence-electron chi connectivity index (χ1n) is 8.10. The molecule has 1 aliphatic heterocycles. The molecular weight excluding hydrogens is 462 g/mol. The Bertz CT molecular complexity index is 591. The van der Waals surface area contributed by atoms with E-state index in [2.05, 4.69) is 15.3 Å². The Morgan fingerprint density at radius 2 is 2.00 bits per heavy atom. The number of ether oxygens (including phenoxy) is 1. The molecule has 2 heterocycles. The summed E-state index contributed by atoms with van der Waals surface area (Å²) in [7, 11) is 3.22. The summed E-state index contributed by atoms with van der Waals surface area (Å²) in [5.41, 5.74) is 0.984. The van der Waals surface area contributed by atoms with Gasteiger partial charge < -0.3 is 15.0 Å². The molecule has 2 rings (SSSR count). The van der Waals surface area contributed by atoms with E-state index in [-0.39, 0.29) is 24.0 Å². The molecule has 1 aromatic rings. The first-order valence-corrected chi connectivity index (χ1v) is 8.10. The summed E-state index contributed by atoms with van der Waals surface area (Å²) in [6.07, 6.45) is -2.53. The molecule has 1 unspecified atom stereocenters. The van der Waals surface area contributed by atoms with Crippen LogP contribution in [0.15, 0.2) is 23.3 Å². The van der Waals surface area contributed by atoms with Crippen LogP contribution < -0.4 is 10.1 Å². The van der Waals surface area contributed by atoms with E-state index < -0.39 is 12.2 Å². The third kappa shape index (κ3) is 6.15. The van der Waals surface area contributed by atoms with Gasteiger partial charge in [0.2, 0.25) is 5.88 Å². The summed E-state index contributed by atoms with van der Waals surface area (Å²) in [6, 6.07) is 2.27. The van der Waals surface area contributed by atoms with Gasteiger partial charge >= 0.3 is 6.18 Å². The highest BCUT2D eigenvalue weighted by atomic mass is 127. The van der Waals surface area contributed by atoms with Gasteiger partial charge in [-0.25, -0.2) is 4.98 Å². The molecule has 1 N–H and O–H groups in total. The maximum absolute atomic E-state index is 12.8. The third-order valence-electron chi connectivity index (χ3n) is 4.31. The number of methoxy groups -OCH3 is 1. The Morgan fingerprint density at radius 1 is 1.35 bits per heavy atom. The fourth-order valence-electron chi connectivity index (χ4n) is 2.71. The van der Waals surface area contributed by atoms with Crippen LogP contribution in [0.5, 0.6) is 5.88 Å². The van der Waals surface area contributed by atoms with Gasteiger partial charge in [-0.2, -0.15) is 13.2 Å². The minimum Gasteiger partial charge on any atom is -0.481 e. The van der Waals surface area contributed by atoms with Crippen molar-refractivity contribution in [3.8, 4) is 5.88 Å². The molecule has 0 radical (unpaired) electrons. The number of halogens is 4. The van der Waals surface area contributed by atoms with E-state index in [0.29, 0.717) is 44.6 Å². The number of guanidine groups is 1. The summed E-state index contributed by atoms with van der Waals surface area (Å²) in [4.78, 5) is 11.7. The Labute approximate surface area is 168 Å². The SMILES string of the molecule is CN=C(NCc1ccnc(OC)c1)N1CCN(C(C)C(F)(F)F)CC1.I. The molecule has 0 saturated carbocycles. The minimum absolute atomic E-state index is 0. The van der Waals surface area contributed by atoms with E-state index in [9.17, 15) is 13.2 Å². The van der Waals surface area contributed by atoms with Crippen molar-refractivity contribution < 1.29 is 17.9 Å². The van der Waals surface area contributed by atoms with E-state index >= 15 is 0 Å². The van der Waals surface area contributed by atoms with Crippen molar-refractivity contribution in [2.45, 2.75) is 25.7 Å². The van der Waals surface area contributed by atoms with E-state index in [4.69, 9.17) is 4.74 Å². The molecule has 0 aromatic carbocycles. The molecule has 1 aliphatic rings. The predicted octanol–water partition coefficient (Wildman–Crippen LogP) is 2.35. The quantitative estimate of drug-likeness (QED) is 0.402. The Balaban J connectivity index is 0.00000338. The molecule has 1 aromatic heterocycles. The van der Waals surface area contributed by atoms with Gasteiger partial charge in [0, 0.05) is 52.0 Å². The van der Waals surface area contributed by atoms with Gasteiger partial charge in [-0.1, -0.05) is 0 Å². The molecule has 1 fully saturated rings. The first-order chi connectivity index (χ1) is 11.8.